The fourth-order valence-electron chi connectivity index (χ4n) is 2.89. The molecule has 0 fully saturated rings. The van der Waals surface area contributed by atoms with Crippen LogP contribution in [-0.2, 0) is 14.9 Å². The second-order valence-electron chi connectivity index (χ2n) is 6.05. The molecule has 28 heavy (non-hydrogen) atoms. The highest BCUT2D eigenvalue weighted by molar-refractivity contribution is 7.87. The molecular weight excluding hydrogens is 384 g/mol. The number of nitrogens with one attached hydrogen (secondary N) is 2. The van der Waals surface area contributed by atoms with E-state index >= 15 is 0 Å². The van der Waals surface area contributed by atoms with Gasteiger partial charge in [-0.2, -0.15) is 8.42 Å². The first-order valence-corrected chi connectivity index (χ1v) is 9.61. The molecule has 0 aliphatic heterocycles. The Labute approximate surface area is 158 Å². The minimum atomic E-state index is -4.19. The molecule has 1 heterocycles. The van der Waals surface area contributed by atoms with Crippen molar-refractivity contribution in [2.75, 3.05) is 5.32 Å². The molecule has 0 spiro atoms. The Morgan fingerprint density at radius 3 is 2.57 bits per heavy atom. The van der Waals surface area contributed by atoms with E-state index in [-0.39, 0.29) is 22.1 Å². The minimum Gasteiger partial charge on any atom is -0.408 e. The maximum atomic E-state index is 12.7. The molecule has 0 radical (unpaired) electrons. The number of carbonyl (C=O) groups excluding carboxylic acids is 1. The average Bonchev–Trinajstić information content (AvgIpc) is 3.02. The molecule has 4 aromatic rings. The van der Waals surface area contributed by atoms with Gasteiger partial charge in [-0.15, -0.1) is 0 Å². The number of fused-ring (bicyclic) bond motifs is 2. The third-order valence-electron chi connectivity index (χ3n) is 4.08. The van der Waals surface area contributed by atoms with Gasteiger partial charge in [0.1, 0.15) is 4.90 Å². The van der Waals surface area contributed by atoms with Gasteiger partial charge in [-0.3, -0.25) is 9.78 Å². The number of oxazole rings is 1. The van der Waals surface area contributed by atoms with Crippen LogP contribution in [0.25, 0.3) is 21.9 Å². The van der Waals surface area contributed by atoms with Gasteiger partial charge in [0, 0.05) is 29.4 Å². The maximum Gasteiger partial charge on any atom is 0.417 e. The molecule has 0 bridgehead atoms. The molecule has 0 saturated carbocycles. The largest absolute Gasteiger partial charge is 0.417 e. The van der Waals surface area contributed by atoms with Gasteiger partial charge >= 0.3 is 15.9 Å². The van der Waals surface area contributed by atoms with Crippen LogP contribution in [0.3, 0.4) is 0 Å². The second kappa shape index (κ2) is 6.54. The smallest absolute Gasteiger partial charge is 0.408 e. The van der Waals surface area contributed by atoms with Gasteiger partial charge in [-0.05, 0) is 24.3 Å². The van der Waals surface area contributed by atoms with Crippen molar-refractivity contribution in [3.05, 3.63) is 65.1 Å². The van der Waals surface area contributed by atoms with Crippen LogP contribution in [-0.4, -0.2) is 19.3 Å². The summed E-state index contributed by atoms with van der Waals surface area (Å²) in [5, 5.41) is 3.86. The Hall–Kier alpha value is -3.59. The fraction of sp³-hybridized carbons (Fsp3) is 0.0526. The number of carbonyl (C=O) groups is 1. The molecule has 1 amide bonds. The van der Waals surface area contributed by atoms with E-state index in [9.17, 15) is 18.0 Å². The van der Waals surface area contributed by atoms with Crippen molar-refractivity contribution in [2.24, 2.45) is 0 Å². The molecule has 0 aliphatic carbocycles. The maximum absolute atomic E-state index is 12.7. The lowest BCUT2D eigenvalue weighted by Gasteiger charge is -2.12. The zero-order valence-electron chi connectivity index (χ0n) is 14.6. The zero-order valence-corrected chi connectivity index (χ0v) is 15.4. The summed E-state index contributed by atoms with van der Waals surface area (Å²) in [6.07, 6.45) is 0. The number of benzene rings is 3. The minimum absolute atomic E-state index is 0.111. The third kappa shape index (κ3) is 3.23. The summed E-state index contributed by atoms with van der Waals surface area (Å²) in [4.78, 5) is 24.9. The number of hydrogen-bond donors (Lipinski definition) is 2. The quantitative estimate of drug-likeness (QED) is 0.510. The number of anilines is 1. The summed E-state index contributed by atoms with van der Waals surface area (Å²) in [5.41, 5.74) is 1.04. The van der Waals surface area contributed by atoms with Crippen molar-refractivity contribution >= 4 is 43.6 Å². The lowest BCUT2D eigenvalue weighted by atomic mass is 10.1. The van der Waals surface area contributed by atoms with Crippen LogP contribution in [0.1, 0.15) is 6.92 Å². The Kier molecular flexibility index (Phi) is 4.16. The average molecular weight is 398 g/mol. The van der Waals surface area contributed by atoms with Gasteiger partial charge in [0.25, 0.3) is 0 Å². The summed E-state index contributed by atoms with van der Waals surface area (Å²) in [7, 11) is -4.19. The number of aromatic nitrogens is 1. The SMILES string of the molecule is CC(=O)Nc1ccc(OS(=O)(=O)c2ccc3[nH]c(=O)oc3c2)c2ccccc12. The molecule has 0 unspecified atom stereocenters. The number of amides is 1. The molecule has 142 valence electrons. The van der Waals surface area contributed by atoms with Gasteiger partial charge < -0.3 is 13.9 Å². The van der Waals surface area contributed by atoms with Gasteiger partial charge in [0.15, 0.2) is 11.3 Å². The summed E-state index contributed by atoms with van der Waals surface area (Å²) in [5.74, 6) is -0.807. The molecule has 4 rings (SSSR count). The van der Waals surface area contributed by atoms with Gasteiger partial charge in [-0.1, -0.05) is 24.3 Å². The zero-order chi connectivity index (χ0) is 19.9. The van der Waals surface area contributed by atoms with Gasteiger partial charge in [0.05, 0.1) is 5.52 Å². The number of aromatic amines is 1. The third-order valence-corrected chi connectivity index (χ3v) is 5.31. The summed E-state index contributed by atoms with van der Waals surface area (Å²) in [6, 6.07) is 14.0. The predicted octanol–water partition coefficient (Wildman–Crippen LogP) is 3.00. The predicted molar refractivity (Wildman–Crippen MR) is 103 cm³/mol. The Morgan fingerprint density at radius 2 is 1.82 bits per heavy atom. The first-order valence-electron chi connectivity index (χ1n) is 8.20. The van der Waals surface area contributed by atoms with E-state index in [2.05, 4.69) is 10.3 Å². The Morgan fingerprint density at radius 1 is 1.07 bits per heavy atom. The van der Waals surface area contributed by atoms with E-state index in [4.69, 9.17) is 8.60 Å². The normalized spacial score (nSPS) is 11.6. The van der Waals surface area contributed by atoms with Crippen molar-refractivity contribution in [1.82, 2.24) is 4.98 Å². The Balaban J connectivity index is 1.77. The summed E-state index contributed by atoms with van der Waals surface area (Å²) >= 11 is 0. The monoisotopic (exact) mass is 398 g/mol. The molecule has 0 aliphatic rings. The standard InChI is InChI=1S/C19H14N2O6S/c1-11(22)20-15-8-9-17(14-5-3-2-4-13(14)15)27-28(24,25)12-6-7-16-18(10-12)26-19(23)21-16/h2-10H,1H3,(H,20,22)(H,21,23). The highest BCUT2D eigenvalue weighted by Crippen LogP contribution is 2.33. The lowest BCUT2D eigenvalue weighted by Crippen LogP contribution is -2.11. The van der Waals surface area contributed by atoms with Crippen molar-refractivity contribution in [3.8, 4) is 5.75 Å². The summed E-state index contributed by atoms with van der Waals surface area (Å²) in [6.45, 7) is 1.39. The van der Waals surface area contributed by atoms with Gasteiger partial charge in [-0.25, -0.2) is 4.79 Å². The second-order valence-corrected chi connectivity index (χ2v) is 7.59. The summed E-state index contributed by atoms with van der Waals surface area (Å²) < 4.78 is 35.7. The molecule has 0 atom stereocenters. The lowest BCUT2D eigenvalue weighted by molar-refractivity contribution is -0.114. The van der Waals surface area contributed by atoms with E-state index in [0.29, 0.717) is 22.0 Å². The van der Waals surface area contributed by atoms with Crippen LogP contribution in [0.15, 0.2) is 68.7 Å². The van der Waals surface area contributed by atoms with Crippen LogP contribution >= 0.6 is 0 Å². The van der Waals surface area contributed by atoms with Crippen LogP contribution in [0, 0.1) is 0 Å². The van der Waals surface area contributed by atoms with Crippen LogP contribution in [0.2, 0.25) is 0 Å². The molecular formula is C19H14N2O6S. The van der Waals surface area contributed by atoms with E-state index in [0.717, 1.165) is 0 Å². The Bertz CT molecular complexity index is 1380. The van der Waals surface area contributed by atoms with Crippen LogP contribution in [0.5, 0.6) is 5.75 Å². The number of hydrogen-bond acceptors (Lipinski definition) is 6. The van der Waals surface area contributed by atoms with E-state index < -0.39 is 15.9 Å². The van der Waals surface area contributed by atoms with E-state index in [1.165, 1.54) is 31.2 Å². The first kappa shape index (κ1) is 17.8. The fourth-order valence-corrected chi connectivity index (χ4v) is 3.85. The van der Waals surface area contributed by atoms with Gasteiger partial charge in [0.2, 0.25) is 5.91 Å². The molecule has 8 nitrogen and oxygen atoms in total. The van der Waals surface area contributed by atoms with Crippen LogP contribution in [0.4, 0.5) is 5.69 Å². The highest BCUT2D eigenvalue weighted by Gasteiger charge is 2.20. The topological polar surface area (TPSA) is 118 Å². The number of rotatable bonds is 4. The van der Waals surface area contributed by atoms with Crippen molar-refractivity contribution in [2.45, 2.75) is 11.8 Å². The van der Waals surface area contributed by atoms with Crippen molar-refractivity contribution in [1.29, 1.82) is 0 Å². The molecule has 3 aromatic carbocycles. The number of H-pyrrole nitrogens is 1. The molecule has 9 heteroatoms. The molecule has 1 aromatic heterocycles. The highest BCUT2D eigenvalue weighted by atomic mass is 32.2. The van der Waals surface area contributed by atoms with Crippen molar-refractivity contribution < 1.29 is 21.8 Å². The van der Waals surface area contributed by atoms with Crippen molar-refractivity contribution in [3.63, 3.8) is 0 Å². The molecule has 0 saturated heterocycles. The molecule has 2 N–H and O–H groups in total. The van der Waals surface area contributed by atoms with E-state index in [1.807, 2.05) is 0 Å². The van der Waals surface area contributed by atoms with E-state index in [1.54, 1.807) is 30.3 Å². The first-order chi connectivity index (χ1) is 13.3. The van der Waals surface area contributed by atoms with Crippen LogP contribution < -0.4 is 15.3 Å².